The molecule has 2 rings (SSSR count). The molecule has 0 spiro atoms. The average Bonchev–Trinajstić information content (AvgIpc) is 2.39. The zero-order chi connectivity index (χ0) is 14.8. The molecule has 0 aliphatic carbocycles. The van der Waals surface area contributed by atoms with Crippen molar-refractivity contribution in [3.8, 4) is 5.75 Å². The van der Waals surface area contributed by atoms with E-state index in [9.17, 15) is 12.8 Å². The summed E-state index contributed by atoms with van der Waals surface area (Å²) in [7, 11) is -2.54. The Morgan fingerprint density at radius 1 is 1.40 bits per heavy atom. The molecule has 0 radical (unpaired) electrons. The van der Waals surface area contributed by atoms with Gasteiger partial charge in [0.1, 0.15) is 0 Å². The molecule has 1 saturated heterocycles. The Balaban J connectivity index is 2.25. The predicted molar refractivity (Wildman–Crippen MR) is 71.5 cm³/mol. The Morgan fingerprint density at radius 3 is 2.60 bits per heavy atom. The molecule has 6 nitrogen and oxygen atoms in total. The molecule has 0 unspecified atom stereocenters. The third-order valence-corrected chi connectivity index (χ3v) is 4.60. The van der Waals surface area contributed by atoms with E-state index >= 15 is 0 Å². The van der Waals surface area contributed by atoms with Crippen LogP contribution in [0.25, 0.3) is 0 Å². The van der Waals surface area contributed by atoms with Crippen molar-refractivity contribution in [1.82, 2.24) is 4.72 Å². The van der Waals surface area contributed by atoms with Gasteiger partial charge in [0.25, 0.3) is 0 Å². The van der Waals surface area contributed by atoms with Crippen molar-refractivity contribution in [3.63, 3.8) is 0 Å². The fraction of sp³-hybridized carbons (Fsp3) is 0.500. The van der Waals surface area contributed by atoms with Gasteiger partial charge in [-0.15, -0.1) is 0 Å². The number of hydrogen-bond acceptors (Lipinski definition) is 5. The molecule has 0 saturated carbocycles. The molecule has 3 N–H and O–H groups in total. The van der Waals surface area contributed by atoms with Crippen molar-refractivity contribution in [2.24, 2.45) is 0 Å². The molecule has 1 aromatic rings. The molecule has 1 aliphatic heterocycles. The number of nitrogens with one attached hydrogen (secondary N) is 1. The second kappa shape index (κ2) is 5.94. The maximum Gasteiger partial charge on any atom is 0.241 e. The lowest BCUT2D eigenvalue weighted by atomic mass is 10.1. The van der Waals surface area contributed by atoms with Crippen molar-refractivity contribution < 1.29 is 22.3 Å². The molecule has 1 heterocycles. The molecule has 0 aromatic heterocycles. The van der Waals surface area contributed by atoms with Crippen LogP contribution < -0.4 is 15.2 Å². The Bertz CT molecular complexity index is 562. The second-order valence-corrected chi connectivity index (χ2v) is 6.25. The number of rotatable bonds is 4. The Morgan fingerprint density at radius 2 is 2.05 bits per heavy atom. The van der Waals surface area contributed by atoms with Crippen LogP contribution in [0.1, 0.15) is 12.8 Å². The molecular weight excluding hydrogens is 287 g/mol. The number of nitrogens with two attached hydrogens (primary N) is 1. The first-order valence-electron chi connectivity index (χ1n) is 6.17. The van der Waals surface area contributed by atoms with Crippen molar-refractivity contribution >= 4 is 15.7 Å². The Hall–Kier alpha value is -1.38. The number of methoxy groups -OCH3 is 1. The average molecular weight is 304 g/mol. The van der Waals surface area contributed by atoms with Gasteiger partial charge in [-0.1, -0.05) is 0 Å². The van der Waals surface area contributed by atoms with E-state index in [0.717, 1.165) is 6.07 Å². The van der Waals surface area contributed by atoms with Crippen LogP contribution in [0.3, 0.4) is 0 Å². The molecule has 112 valence electrons. The van der Waals surface area contributed by atoms with Gasteiger partial charge in [-0.25, -0.2) is 17.5 Å². The summed E-state index contributed by atoms with van der Waals surface area (Å²) in [5.74, 6) is -0.963. The molecule has 0 atom stereocenters. The van der Waals surface area contributed by atoms with Crippen LogP contribution in [0.4, 0.5) is 10.1 Å². The quantitative estimate of drug-likeness (QED) is 0.806. The van der Waals surface area contributed by atoms with Crippen LogP contribution in [0, 0.1) is 5.82 Å². The molecule has 8 heteroatoms. The first kappa shape index (κ1) is 15.0. The summed E-state index contributed by atoms with van der Waals surface area (Å²) in [5, 5.41) is 0. The number of anilines is 1. The minimum atomic E-state index is -3.81. The van der Waals surface area contributed by atoms with Crippen LogP contribution in [0.15, 0.2) is 17.0 Å². The zero-order valence-corrected chi connectivity index (χ0v) is 11.9. The van der Waals surface area contributed by atoms with E-state index in [0.29, 0.717) is 26.1 Å². The van der Waals surface area contributed by atoms with Crippen molar-refractivity contribution in [1.29, 1.82) is 0 Å². The lowest BCUT2D eigenvalue weighted by Gasteiger charge is -2.23. The van der Waals surface area contributed by atoms with Gasteiger partial charge in [-0.2, -0.15) is 0 Å². The standard InChI is InChI=1S/C12H17FN2O4S/c1-18-12-10(13)6-9(7-11(12)14)20(16,17)15-8-2-4-19-5-3-8/h6-8,15H,2-5,14H2,1H3. The van der Waals surface area contributed by atoms with Gasteiger partial charge in [0, 0.05) is 19.3 Å². The molecule has 20 heavy (non-hydrogen) atoms. The minimum absolute atomic E-state index is 0.0557. The largest absolute Gasteiger partial charge is 0.492 e. The normalized spacial score (nSPS) is 17.1. The monoisotopic (exact) mass is 304 g/mol. The zero-order valence-electron chi connectivity index (χ0n) is 11.1. The first-order chi connectivity index (χ1) is 9.44. The van der Waals surface area contributed by atoms with E-state index in [1.165, 1.54) is 13.2 Å². The van der Waals surface area contributed by atoms with E-state index in [-0.39, 0.29) is 22.4 Å². The highest BCUT2D eigenvalue weighted by atomic mass is 32.2. The molecule has 1 aliphatic rings. The summed E-state index contributed by atoms with van der Waals surface area (Å²) >= 11 is 0. The number of nitrogen functional groups attached to an aromatic ring is 1. The van der Waals surface area contributed by atoms with Crippen LogP contribution in [0.2, 0.25) is 0 Å². The number of halogens is 1. The van der Waals surface area contributed by atoms with Gasteiger partial charge in [0.05, 0.1) is 17.7 Å². The van der Waals surface area contributed by atoms with Crippen molar-refractivity contribution in [2.45, 2.75) is 23.8 Å². The number of benzene rings is 1. The van der Waals surface area contributed by atoms with Gasteiger partial charge in [0.2, 0.25) is 10.0 Å². The summed E-state index contributed by atoms with van der Waals surface area (Å²) in [6, 6.07) is 1.88. The molecule has 0 amide bonds. The maximum atomic E-state index is 13.7. The Kier molecular flexibility index (Phi) is 4.46. The summed E-state index contributed by atoms with van der Waals surface area (Å²) < 4.78 is 50.5. The summed E-state index contributed by atoms with van der Waals surface area (Å²) in [5.41, 5.74) is 5.53. The summed E-state index contributed by atoms with van der Waals surface area (Å²) in [4.78, 5) is -0.209. The van der Waals surface area contributed by atoms with Gasteiger partial charge in [0.15, 0.2) is 11.6 Å². The van der Waals surface area contributed by atoms with E-state index in [1.54, 1.807) is 0 Å². The topological polar surface area (TPSA) is 90.7 Å². The van der Waals surface area contributed by atoms with E-state index in [2.05, 4.69) is 4.72 Å². The number of ether oxygens (including phenoxy) is 2. The minimum Gasteiger partial charge on any atom is -0.492 e. The van der Waals surface area contributed by atoms with E-state index < -0.39 is 15.8 Å². The van der Waals surface area contributed by atoms with E-state index in [4.69, 9.17) is 15.2 Å². The number of sulfonamides is 1. The van der Waals surface area contributed by atoms with Crippen LogP contribution in [-0.2, 0) is 14.8 Å². The SMILES string of the molecule is COc1c(N)cc(S(=O)(=O)NC2CCOCC2)cc1F. The van der Waals surface area contributed by atoms with E-state index in [1.807, 2.05) is 0 Å². The molecule has 1 fully saturated rings. The molecule has 0 bridgehead atoms. The van der Waals surface area contributed by atoms with Crippen LogP contribution >= 0.6 is 0 Å². The number of hydrogen-bond donors (Lipinski definition) is 2. The van der Waals surface area contributed by atoms with Gasteiger partial charge in [-0.05, 0) is 25.0 Å². The third kappa shape index (κ3) is 3.20. The lowest BCUT2D eigenvalue weighted by Crippen LogP contribution is -2.38. The fourth-order valence-electron chi connectivity index (χ4n) is 2.06. The van der Waals surface area contributed by atoms with Gasteiger partial charge >= 0.3 is 0 Å². The third-order valence-electron chi connectivity index (χ3n) is 3.10. The molecule has 1 aromatic carbocycles. The van der Waals surface area contributed by atoms with Crippen LogP contribution in [-0.4, -0.2) is 34.8 Å². The summed E-state index contributed by atoms with van der Waals surface area (Å²) in [6.07, 6.45) is 1.18. The summed E-state index contributed by atoms with van der Waals surface area (Å²) in [6.45, 7) is 1.01. The first-order valence-corrected chi connectivity index (χ1v) is 7.65. The van der Waals surface area contributed by atoms with Gasteiger partial charge in [-0.3, -0.25) is 0 Å². The van der Waals surface area contributed by atoms with Crippen LogP contribution in [0.5, 0.6) is 5.75 Å². The highest BCUT2D eigenvalue weighted by Crippen LogP contribution is 2.28. The highest BCUT2D eigenvalue weighted by molar-refractivity contribution is 7.89. The lowest BCUT2D eigenvalue weighted by molar-refractivity contribution is 0.0832. The maximum absolute atomic E-state index is 13.7. The second-order valence-electron chi connectivity index (χ2n) is 4.54. The smallest absolute Gasteiger partial charge is 0.241 e. The highest BCUT2D eigenvalue weighted by Gasteiger charge is 2.24. The van der Waals surface area contributed by atoms with Crippen molar-refractivity contribution in [2.75, 3.05) is 26.1 Å². The van der Waals surface area contributed by atoms with Crippen molar-refractivity contribution in [3.05, 3.63) is 17.9 Å². The Labute approximate surface area is 117 Å². The predicted octanol–water partition coefficient (Wildman–Crippen LogP) is 0.874. The fourth-order valence-corrected chi connectivity index (χ4v) is 3.41. The van der Waals surface area contributed by atoms with Gasteiger partial charge < -0.3 is 15.2 Å². The molecular formula is C12H17FN2O4S.